The molecule has 0 aliphatic heterocycles. The van der Waals surface area contributed by atoms with E-state index >= 15 is 0 Å². The van der Waals surface area contributed by atoms with Crippen LogP contribution in [0.25, 0.3) is 0 Å². The molecular formula is C18H17NO4S. The highest BCUT2D eigenvalue weighted by molar-refractivity contribution is 7.99. The molecular weight excluding hydrogens is 326 g/mol. The Kier molecular flexibility index (Phi) is 6.57. The third kappa shape index (κ3) is 4.96. The van der Waals surface area contributed by atoms with E-state index in [2.05, 4.69) is 5.32 Å². The highest BCUT2D eigenvalue weighted by atomic mass is 32.2. The highest BCUT2D eigenvalue weighted by Crippen LogP contribution is 2.22. The molecule has 2 rings (SSSR count). The second-order valence-corrected chi connectivity index (χ2v) is 6.05. The number of esters is 1. The molecule has 0 bridgehead atoms. The fourth-order valence-electron chi connectivity index (χ4n) is 1.95. The third-order valence-corrected chi connectivity index (χ3v) is 3.99. The molecule has 0 aliphatic carbocycles. The number of benzene rings is 2. The van der Waals surface area contributed by atoms with Gasteiger partial charge >= 0.3 is 5.97 Å². The van der Waals surface area contributed by atoms with E-state index in [1.54, 1.807) is 42.5 Å². The molecule has 2 amide bonds. The van der Waals surface area contributed by atoms with Gasteiger partial charge in [-0.3, -0.25) is 14.9 Å². The lowest BCUT2D eigenvalue weighted by Crippen LogP contribution is -2.34. The zero-order valence-electron chi connectivity index (χ0n) is 13.2. The molecule has 0 radical (unpaired) electrons. The molecule has 6 heteroatoms. The maximum Gasteiger partial charge on any atom is 0.339 e. The van der Waals surface area contributed by atoms with E-state index in [9.17, 15) is 14.4 Å². The molecule has 0 atom stereocenters. The number of amides is 2. The van der Waals surface area contributed by atoms with Gasteiger partial charge < -0.3 is 4.74 Å². The number of hydrogen-bond donors (Lipinski definition) is 1. The summed E-state index contributed by atoms with van der Waals surface area (Å²) in [4.78, 5) is 36.5. The molecule has 0 spiro atoms. The maximum absolute atomic E-state index is 12.1. The van der Waals surface area contributed by atoms with Crippen LogP contribution in [0, 0.1) is 0 Å². The van der Waals surface area contributed by atoms with Crippen LogP contribution in [-0.2, 0) is 9.53 Å². The number of carbonyl (C=O) groups excluding carboxylic acids is 3. The lowest BCUT2D eigenvalue weighted by Gasteiger charge is -2.08. The number of imide groups is 1. The minimum Gasteiger partial charge on any atom is -0.452 e. The van der Waals surface area contributed by atoms with E-state index < -0.39 is 24.4 Å². The zero-order valence-corrected chi connectivity index (χ0v) is 14.0. The Morgan fingerprint density at radius 3 is 2.38 bits per heavy atom. The van der Waals surface area contributed by atoms with Crippen molar-refractivity contribution in [2.45, 2.75) is 11.8 Å². The van der Waals surface area contributed by atoms with Crippen LogP contribution in [0.15, 0.2) is 59.5 Å². The average molecular weight is 343 g/mol. The second-order valence-electron chi connectivity index (χ2n) is 4.75. The number of ether oxygens (including phenoxy) is 1. The maximum atomic E-state index is 12.1. The van der Waals surface area contributed by atoms with Crippen molar-refractivity contribution < 1.29 is 19.1 Å². The summed E-state index contributed by atoms with van der Waals surface area (Å²) >= 11 is 1.52. The van der Waals surface area contributed by atoms with E-state index in [0.717, 1.165) is 10.6 Å². The minimum atomic E-state index is -0.669. The standard InChI is InChI=1S/C18H17NO4S/c1-2-24-15-11-7-6-10-14(15)18(22)23-12-16(20)19-17(21)13-8-4-3-5-9-13/h3-11H,2,12H2,1H3,(H,19,20,21). The van der Waals surface area contributed by atoms with E-state index in [1.165, 1.54) is 11.8 Å². The van der Waals surface area contributed by atoms with Gasteiger partial charge in [0.25, 0.3) is 11.8 Å². The SMILES string of the molecule is CCSc1ccccc1C(=O)OCC(=O)NC(=O)c1ccccc1. The number of rotatable bonds is 6. The van der Waals surface area contributed by atoms with Crippen molar-refractivity contribution in [3.05, 3.63) is 65.7 Å². The number of nitrogens with one attached hydrogen (secondary N) is 1. The van der Waals surface area contributed by atoms with Gasteiger partial charge in [0.15, 0.2) is 6.61 Å². The number of thioether (sulfide) groups is 1. The number of carbonyl (C=O) groups is 3. The van der Waals surface area contributed by atoms with Gasteiger partial charge in [0.1, 0.15) is 0 Å². The summed E-state index contributed by atoms with van der Waals surface area (Å²) in [6.07, 6.45) is 0. The third-order valence-electron chi connectivity index (χ3n) is 3.03. The first kappa shape index (κ1) is 17.7. The van der Waals surface area contributed by atoms with Crippen LogP contribution < -0.4 is 5.32 Å². The predicted molar refractivity (Wildman–Crippen MR) is 92.0 cm³/mol. The Hall–Kier alpha value is -2.60. The Balaban J connectivity index is 1.90. The van der Waals surface area contributed by atoms with E-state index in [1.807, 2.05) is 19.1 Å². The fourth-order valence-corrected chi connectivity index (χ4v) is 2.74. The predicted octanol–water partition coefficient (Wildman–Crippen LogP) is 2.91. The molecule has 0 saturated carbocycles. The molecule has 2 aromatic carbocycles. The molecule has 0 heterocycles. The summed E-state index contributed by atoms with van der Waals surface area (Å²) < 4.78 is 5.00. The van der Waals surface area contributed by atoms with E-state index in [-0.39, 0.29) is 0 Å². The second kappa shape index (κ2) is 8.88. The van der Waals surface area contributed by atoms with Gasteiger partial charge in [0.2, 0.25) is 0 Å². The van der Waals surface area contributed by atoms with Crippen molar-refractivity contribution in [2.75, 3.05) is 12.4 Å². The molecule has 5 nitrogen and oxygen atoms in total. The van der Waals surface area contributed by atoms with Crippen molar-refractivity contribution in [3.63, 3.8) is 0 Å². The Morgan fingerprint density at radius 2 is 1.67 bits per heavy atom. The molecule has 0 aromatic heterocycles. The highest BCUT2D eigenvalue weighted by Gasteiger charge is 2.15. The van der Waals surface area contributed by atoms with Gasteiger partial charge in [-0.25, -0.2) is 4.79 Å². The molecule has 124 valence electrons. The lowest BCUT2D eigenvalue weighted by atomic mass is 10.2. The van der Waals surface area contributed by atoms with Crippen LogP contribution in [0.5, 0.6) is 0 Å². The van der Waals surface area contributed by atoms with Crippen molar-refractivity contribution in [3.8, 4) is 0 Å². The average Bonchev–Trinajstić information content (AvgIpc) is 2.61. The molecule has 1 N–H and O–H groups in total. The molecule has 0 unspecified atom stereocenters. The first-order chi connectivity index (χ1) is 11.6. The molecule has 2 aromatic rings. The van der Waals surface area contributed by atoms with Crippen LogP contribution >= 0.6 is 11.8 Å². The monoisotopic (exact) mass is 343 g/mol. The topological polar surface area (TPSA) is 72.5 Å². The van der Waals surface area contributed by atoms with Crippen molar-refractivity contribution in [1.82, 2.24) is 5.32 Å². The first-order valence-corrected chi connectivity index (χ1v) is 8.38. The van der Waals surface area contributed by atoms with Gasteiger partial charge in [0, 0.05) is 10.5 Å². The molecule has 0 aliphatic rings. The van der Waals surface area contributed by atoms with Gasteiger partial charge in [0.05, 0.1) is 5.56 Å². The quantitative estimate of drug-likeness (QED) is 0.645. The van der Waals surface area contributed by atoms with Gasteiger partial charge in [-0.05, 0) is 30.0 Å². The minimum absolute atomic E-state index is 0.363. The molecule has 0 fully saturated rings. The van der Waals surface area contributed by atoms with Gasteiger partial charge in [-0.1, -0.05) is 37.3 Å². The van der Waals surface area contributed by atoms with Crippen LogP contribution in [0.2, 0.25) is 0 Å². The molecule has 0 saturated heterocycles. The summed E-state index contributed by atoms with van der Waals surface area (Å²) in [5.41, 5.74) is 0.772. The Bertz CT molecular complexity index is 731. The van der Waals surface area contributed by atoms with Gasteiger partial charge in [-0.15, -0.1) is 11.8 Å². The Labute approximate surface area is 144 Å². The van der Waals surface area contributed by atoms with E-state index in [0.29, 0.717) is 11.1 Å². The summed E-state index contributed by atoms with van der Waals surface area (Å²) in [5.74, 6) is -0.971. The summed E-state index contributed by atoms with van der Waals surface area (Å²) in [6.45, 7) is 1.47. The zero-order chi connectivity index (χ0) is 17.4. The smallest absolute Gasteiger partial charge is 0.339 e. The van der Waals surface area contributed by atoms with Crippen molar-refractivity contribution in [2.24, 2.45) is 0 Å². The summed E-state index contributed by atoms with van der Waals surface area (Å²) in [7, 11) is 0. The summed E-state index contributed by atoms with van der Waals surface area (Å²) in [6, 6.07) is 15.4. The first-order valence-electron chi connectivity index (χ1n) is 7.40. The normalized spacial score (nSPS) is 10.0. The number of hydrogen-bond acceptors (Lipinski definition) is 5. The van der Waals surface area contributed by atoms with Crippen LogP contribution in [-0.4, -0.2) is 30.1 Å². The van der Waals surface area contributed by atoms with Crippen LogP contribution in [0.3, 0.4) is 0 Å². The lowest BCUT2D eigenvalue weighted by molar-refractivity contribution is -0.123. The van der Waals surface area contributed by atoms with Crippen LogP contribution in [0.4, 0.5) is 0 Å². The summed E-state index contributed by atoms with van der Waals surface area (Å²) in [5, 5.41) is 2.18. The Morgan fingerprint density at radius 1 is 1.00 bits per heavy atom. The fraction of sp³-hybridized carbons (Fsp3) is 0.167. The largest absolute Gasteiger partial charge is 0.452 e. The molecule has 24 heavy (non-hydrogen) atoms. The van der Waals surface area contributed by atoms with Crippen LogP contribution in [0.1, 0.15) is 27.6 Å². The van der Waals surface area contributed by atoms with Gasteiger partial charge in [-0.2, -0.15) is 0 Å². The van der Waals surface area contributed by atoms with Crippen molar-refractivity contribution >= 4 is 29.5 Å². The van der Waals surface area contributed by atoms with Crippen molar-refractivity contribution in [1.29, 1.82) is 0 Å². The van der Waals surface area contributed by atoms with E-state index in [4.69, 9.17) is 4.74 Å².